The van der Waals surface area contributed by atoms with Crippen molar-refractivity contribution >= 4 is 5.78 Å². The quantitative estimate of drug-likeness (QED) is 0.746. The van der Waals surface area contributed by atoms with Crippen molar-refractivity contribution in [3.05, 3.63) is 29.8 Å². The van der Waals surface area contributed by atoms with Crippen LogP contribution in [0.3, 0.4) is 0 Å². The van der Waals surface area contributed by atoms with Crippen LogP contribution in [0.25, 0.3) is 0 Å². The molecule has 1 saturated carbocycles. The number of ketones is 1. The smallest absolute Gasteiger partial charge is 0.170 e. The van der Waals surface area contributed by atoms with Gasteiger partial charge < -0.3 is 4.74 Å². The fourth-order valence-corrected chi connectivity index (χ4v) is 3.49. The van der Waals surface area contributed by atoms with Gasteiger partial charge in [0.2, 0.25) is 0 Å². The van der Waals surface area contributed by atoms with E-state index in [-0.39, 0.29) is 11.4 Å². The summed E-state index contributed by atoms with van der Waals surface area (Å²) < 4.78 is 6.24. The molecule has 2 atom stereocenters. The Hall–Kier alpha value is -1.31. The first-order chi connectivity index (χ1) is 8.72. The molecular formula is C16H20O2. The molecule has 0 aromatic heterocycles. The molecule has 1 aliphatic carbocycles. The first kappa shape index (κ1) is 11.8. The Morgan fingerprint density at radius 3 is 3.06 bits per heavy atom. The topological polar surface area (TPSA) is 26.3 Å². The fourth-order valence-electron chi connectivity index (χ4n) is 3.49. The predicted molar refractivity (Wildman–Crippen MR) is 71.0 cm³/mol. The lowest BCUT2D eigenvalue weighted by molar-refractivity contribution is -0.00428. The van der Waals surface area contributed by atoms with Crippen molar-refractivity contribution in [1.29, 1.82) is 0 Å². The van der Waals surface area contributed by atoms with Crippen LogP contribution in [0.15, 0.2) is 24.3 Å². The molecule has 1 fully saturated rings. The standard InChI is InChI=1S/C16H20O2/c1-2-12-6-5-9-16(10-12)11-14(17)13-7-3-4-8-15(13)18-16/h3-4,7-8,12H,2,5-6,9-11H2,1H3. The summed E-state index contributed by atoms with van der Waals surface area (Å²) in [5, 5.41) is 0. The summed E-state index contributed by atoms with van der Waals surface area (Å²) in [6, 6.07) is 7.67. The largest absolute Gasteiger partial charge is 0.486 e. The molecule has 2 unspecified atom stereocenters. The zero-order valence-corrected chi connectivity index (χ0v) is 10.9. The average molecular weight is 244 g/mol. The van der Waals surface area contributed by atoms with E-state index >= 15 is 0 Å². The van der Waals surface area contributed by atoms with Crippen molar-refractivity contribution in [2.24, 2.45) is 5.92 Å². The van der Waals surface area contributed by atoms with Crippen molar-refractivity contribution < 1.29 is 9.53 Å². The maximum absolute atomic E-state index is 12.3. The Morgan fingerprint density at radius 2 is 2.22 bits per heavy atom. The lowest BCUT2D eigenvalue weighted by Crippen LogP contribution is -2.45. The highest BCUT2D eigenvalue weighted by Gasteiger charge is 2.43. The van der Waals surface area contributed by atoms with Gasteiger partial charge in [-0.3, -0.25) is 4.79 Å². The van der Waals surface area contributed by atoms with Gasteiger partial charge in [-0.15, -0.1) is 0 Å². The maximum Gasteiger partial charge on any atom is 0.170 e. The van der Waals surface area contributed by atoms with E-state index in [0.717, 1.165) is 30.1 Å². The van der Waals surface area contributed by atoms with E-state index in [4.69, 9.17) is 4.74 Å². The zero-order chi connectivity index (χ0) is 12.6. The van der Waals surface area contributed by atoms with Crippen LogP contribution >= 0.6 is 0 Å². The van der Waals surface area contributed by atoms with Crippen LogP contribution in [0.5, 0.6) is 5.75 Å². The molecule has 0 amide bonds. The fraction of sp³-hybridized carbons (Fsp3) is 0.562. The van der Waals surface area contributed by atoms with Crippen molar-refractivity contribution in [3.8, 4) is 5.75 Å². The summed E-state index contributed by atoms with van der Waals surface area (Å²) in [4.78, 5) is 12.3. The van der Waals surface area contributed by atoms with Gasteiger partial charge in [0.05, 0.1) is 12.0 Å². The molecule has 2 heteroatoms. The van der Waals surface area contributed by atoms with Crippen LogP contribution in [0.2, 0.25) is 0 Å². The number of rotatable bonds is 1. The van der Waals surface area contributed by atoms with Crippen LogP contribution in [0.4, 0.5) is 0 Å². The third-order valence-electron chi connectivity index (χ3n) is 4.48. The summed E-state index contributed by atoms with van der Waals surface area (Å²) in [6.45, 7) is 2.24. The second-order valence-corrected chi connectivity index (χ2v) is 5.75. The summed E-state index contributed by atoms with van der Waals surface area (Å²) in [5.74, 6) is 1.77. The van der Waals surface area contributed by atoms with E-state index in [1.807, 2.05) is 24.3 Å². The molecule has 2 aliphatic rings. The first-order valence-electron chi connectivity index (χ1n) is 7.04. The second kappa shape index (κ2) is 4.42. The summed E-state index contributed by atoms with van der Waals surface area (Å²) in [7, 11) is 0. The molecule has 96 valence electrons. The van der Waals surface area contributed by atoms with E-state index in [2.05, 4.69) is 6.92 Å². The zero-order valence-electron chi connectivity index (χ0n) is 10.9. The van der Waals surface area contributed by atoms with Gasteiger partial charge in [-0.05, 0) is 37.3 Å². The lowest BCUT2D eigenvalue weighted by Gasteiger charge is -2.43. The van der Waals surface area contributed by atoms with E-state index in [0.29, 0.717) is 6.42 Å². The molecule has 18 heavy (non-hydrogen) atoms. The molecule has 0 saturated heterocycles. The molecule has 1 aromatic carbocycles. The first-order valence-corrected chi connectivity index (χ1v) is 7.04. The van der Waals surface area contributed by atoms with Crippen LogP contribution in [0.1, 0.15) is 55.8 Å². The van der Waals surface area contributed by atoms with E-state index < -0.39 is 0 Å². The van der Waals surface area contributed by atoms with Gasteiger partial charge in [0.25, 0.3) is 0 Å². The van der Waals surface area contributed by atoms with Crippen molar-refractivity contribution in [3.63, 3.8) is 0 Å². The SMILES string of the molecule is CCC1CCCC2(CC(=O)c3ccccc3O2)C1. The van der Waals surface area contributed by atoms with E-state index in [1.54, 1.807) is 0 Å². The Morgan fingerprint density at radius 1 is 1.39 bits per heavy atom. The predicted octanol–water partition coefficient (Wildman–Crippen LogP) is 3.99. The highest BCUT2D eigenvalue weighted by atomic mass is 16.5. The molecule has 0 radical (unpaired) electrons. The van der Waals surface area contributed by atoms with Crippen molar-refractivity contribution in [2.75, 3.05) is 0 Å². The normalized spacial score (nSPS) is 30.9. The van der Waals surface area contributed by atoms with Gasteiger partial charge >= 0.3 is 0 Å². The lowest BCUT2D eigenvalue weighted by atomic mass is 9.73. The molecule has 2 nitrogen and oxygen atoms in total. The summed E-state index contributed by atoms with van der Waals surface area (Å²) in [5.41, 5.74) is 0.562. The number of carbonyl (C=O) groups is 1. The number of para-hydroxylation sites is 1. The Bertz CT molecular complexity index is 466. The van der Waals surface area contributed by atoms with Crippen LogP contribution in [0, 0.1) is 5.92 Å². The molecule has 0 N–H and O–H groups in total. The van der Waals surface area contributed by atoms with E-state index in [9.17, 15) is 4.79 Å². The van der Waals surface area contributed by atoms with Crippen molar-refractivity contribution in [1.82, 2.24) is 0 Å². The Labute approximate surface area is 108 Å². The minimum Gasteiger partial charge on any atom is -0.486 e. The van der Waals surface area contributed by atoms with Gasteiger partial charge in [-0.2, -0.15) is 0 Å². The Balaban J connectivity index is 1.90. The van der Waals surface area contributed by atoms with E-state index in [1.165, 1.54) is 19.3 Å². The van der Waals surface area contributed by atoms with Gasteiger partial charge in [0.1, 0.15) is 11.4 Å². The van der Waals surface area contributed by atoms with Crippen molar-refractivity contribution in [2.45, 2.75) is 51.0 Å². The van der Waals surface area contributed by atoms with Gasteiger partial charge in [-0.1, -0.05) is 31.9 Å². The van der Waals surface area contributed by atoms with Gasteiger partial charge in [-0.25, -0.2) is 0 Å². The summed E-state index contributed by atoms with van der Waals surface area (Å²) in [6.07, 6.45) is 6.32. The third-order valence-corrected chi connectivity index (χ3v) is 4.48. The van der Waals surface area contributed by atoms with Gasteiger partial charge in [0.15, 0.2) is 5.78 Å². The van der Waals surface area contributed by atoms with Crippen LogP contribution in [-0.4, -0.2) is 11.4 Å². The molecule has 1 spiro atoms. The molecule has 1 aliphatic heterocycles. The third kappa shape index (κ3) is 1.94. The highest BCUT2D eigenvalue weighted by molar-refractivity contribution is 6.00. The highest BCUT2D eigenvalue weighted by Crippen LogP contribution is 2.44. The number of Topliss-reactive ketones (excluding diaryl/α,β-unsaturated/α-hetero) is 1. The number of hydrogen-bond donors (Lipinski definition) is 0. The molecule has 3 rings (SSSR count). The molecule has 1 aromatic rings. The van der Waals surface area contributed by atoms with Gasteiger partial charge in [0, 0.05) is 0 Å². The molecular weight excluding hydrogens is 224 g/mol. The minimum atomic E-state index is -0.204. The van der Waals surface area contributed by atoms with Crippen LogP contribution < -0.4 is 4.74 Å². The molecule has 0 bridgehead atoms. The number of fused-ring (bicyclic) bond motifs is 1. The van der Waals surface area contributed by atoms with Crippen LogP contribution in [-0.2, 0) is 0 Å². The minimum absolute atomic E-state index is 0.204. The number of carbonyl (C=O) groups excluding carboxylic acids is 1. The average Bonchev–Trinajstić information content (AvgIpc) is 2.38. The molecule has 1 heterocycles. The Kier molecular flexibility index (Phi) is 2.89. The second-order valence-electron chi connectivity index (χ2n) is 5.75. The summed E-state index contributed by atoms with van der Waals surface area (Å²) >= 11 is 0. The number of ether oxygens (including phenoxy) is 1. The maximum atomic E-state index is 12.3. The monoisotopic (exact) mass is 244 g/mol. The number of hydrogen-bond acceptors (Lipinski definition) is 2. The number of benzene rings is 1.